The van der Waals surface area contributed by atoms with Crippen molar-refractivity contribution < 1.29 is 27.9 Å². The zero-order chi connectivity index (χ0) is 29.4. The Morgan fingerprint density at radius 1 is 1.15 bits per heavy atom. The van der Waals surface area contributed by atoms with Crippen LogP contribution in [-0.2, 0) is 17.4 Å². The molecule has 3 aliphatic rings. The van der Waals surface area contributed by atoms with Gasteiger partial charge in [-0.05, 0) is 101 Å². The minimum Gasteiger partial charge on any atom is -0.481 e. The monoisotopic (exact) mass is 573 g/mol. The van der Waals surface area contributed by atoms with Gasteiger partial charge in [0.25, 0.3) is 5.91 Å². The van der Waals surface area contributed by atoms with E-state index >= 15 is 0 Å². The predicted octanol–water partition coefficient (Wildman–Crippen LogP) is 5.62. The number of piperidine rings is 1. The summed E-state index contributed by atoms with van der Waals surface area (Å²) in [4.78, 5) is 37.0. The first-order valence-corrected chi connectivity index (χ1v) is 14.5. The fraction of sp³-hybridized carbons (Fsp3) is 0.600. The largest absolute Gasteiger partial charge is 0.481 e. The third-order valence-electron chi connectivity index (χ3n) is 9.50. The summed E-state index contributed by atoms with van der Waals surface area (Å²) in [6, 6.07) is 6.96. The maximum Gasteiger partial charge on any atom is 0.419 e. The van der Waals surface area contributed by atoms with Crippen LogP contribution in [0.2, 0.25) is 0 Å². The van der Waals surface area contributed by atoms with Crippen molar-refractivity contribution in [2.45, 2.75) is 70.0 Å². The number of rotatable bonds is 8. The van der Waals surface area contributed by atoms with Crippen molar-refractivity contribution in [2.75, 3.05) is 32.5 Å². The molecule has 2 heterocycles. The lowest BCUT2D eigenvalue weighted by molar-refractivity contribution is -0.146. The van der Waals surface area contributed by atoms with Crippen molar-refractivity contribution >= 4 is 23.5 Å². The molecule has 2 unspecified atom stereocenters. The van der Waals surface area contributed by atoms with Gasteiger partial charge in [0.1, 0.15) is 0 Å². The third kappa shape index (κ3) is 6.34. The number of aryl methyl sites for hydroxylation is 1. The topological polar surface area (TPSA) is 98.7 Å². The van der Waals surface area contributed by atoms with Gasteiger partial charge in [-0.2, -0.15) is 13.2 Å². The van der Waals surface area contributed by atoms with E-state index in [9.17, 15) is 27.9 Å². The summed E-state index contributed by atoms with van der Waals surface area (Å²) in [6.45, 7) is 1.90. The number of benzene rings is 1. The molecule has 3 atom stereocenters. The highest BCUT2D eigenvalue weighted by Gasteiger charge is 2.60. The van der Waals surface area contributed by atoms with Crippen LogP contribution in [0.5, 0.6) is 0 Å². The van der Waals surface area contributed by atoms with E-state index in [-0.39, 0.29) is 41.3 Å². The molecule has 1 aliphatic heterocycles. The molecule has 3 fully saturated rings. The Labute approximate surface area is 238 Å². The Hall–Kier alpha value is -3.21. The lowest BCUT2D eigenvalue weighted by Gasteiger charge is -2.35. The highest BCUT2D eigenvalue weighted by Crippen LogP contribution is 2.65. The maximum atomic E-state index is 13.8. The van der Waals surface area contributed by atoms with Crippen LogP contribution in [-0.4, -0.2) is 70.0 Å². The molecule has 8 nitrogen and oxygen atoms in total. The highest BCUT2D eigenvalue weighted by molar-refractivity contribution is 5.94. The van der Waals surface area contributed by atoms with Gasteiger partial charge in [-0.25, -0.2) is 9.97 Å². The van der Waals surface area contributed by atoms with Crippen LogP contribution >= 0.6 is 0 Å². The summed E-state index contributed by atoms with van der Waals surface area (Å²) in [5.41, 5.74) is -0.147. The minimum atomic E-state index is -4.59. The molecule has 2 saturated carbocycles. The number of amides is 1. The van der Waals surface area contributed by atoms with Crippen molar-refractivity contribution in [3.63, 3.8) is 0 Å². The third-order valence-corrected chi connectivity index (χ3v) is 9.50. The lowest BCUT2D eigenvalue weighted by Crippen LogP contribution is -2.44. The highest BCUT2D eigenvalue weighted by atomic mass is 19.4. The van der Waals surface area contributed by atoms with Crippen molar-refractivity contribution in [3.05, 3.63) is 47.3 Å². The molecule has 41 heavy (non-hydrogen) atoms. The summed E-state index contributed by atoms with van der Waals surface area (Å²) in [5, 5.41) is 12.7. The zero-order valence-corrected chi connectivity index (χ0v) is 23.6. The van der Waals surface area contributed by atoms with Crippen molar-refractivity contribution in [1.82, 2.24) is 19.8 Å². The number of halogens is 3. The first-order chi connectivity index (χ1) is 19.5. The molecule has 1 spiro atoms. The molecule has 222 valence electrons. The minimum absolute atomic E-state index is 0.0436. The van der Waals surface area contributed by atoms with Gasteiger partial charge in [-0.15, -0.1) is 0 Å². The molecular weight excluding hydrogens is 535 g/mol. The van der Waals surface area contributed by atoms with Crippen molar-refractivity contribution in [1.29, 1.82) is 0 Å². The number of anilines is 2. The van der Waals surface area contributed by atoms with Gasteiger partial charge in [-0.3, -0.25) is 9.59 Å². The molecule has 2 aliphatic carbocycles. The Balaban J connectivity index is 1.25. The van der Waals surface area contributed by atoms with E-state index in [4.69, 9.17) is 0 Å². The first-order valence-electron chi connectivity index (χ1n) is 14.5. The SMILES string of the molecule is CN1CCC(N(C)C(=O)c2ccc(Nc3ncc(C(F)(F)F)c(CCC4CC45CCCC[C@@H]5C(=O)O)n3)cc2)CC1. The van der Waals surface area contributed by atoms with Crippen LogP contribution in [0.3, 0.4) is 0 Å². The summed E-state index contributed by atoms with van der Waals surface area (Å²) >= 11 is 0. The van der Waals surface area contributed by atoms with Crippen molar-refractivity contribution in [3.8, 4) is 0 Å². The van der Waals surface area contributed by atoms with Gasteiger partial charge < -0.3 is 20.2 Å². The smallest absolute Gasteiger partial charge is 0.419 e. The number of hydrogen-bond donors (Lipinski definition) is 2. The van der Waals surface area contributed by atoms with Crippen LogP contribution in [0.4, 0.5) is 24.8 Å². The predicted molar refractivity (Wildman–Crippen MR) is 148 cm³/mol. The molecule has 5 rings (SSSR count). The van der Waals surface area contributed by atoms with Gasteiger partial charge >= 0.3 is 12.1 Å². The van der Waals surface area contributed by atoms with Gasteiger partial charge in [-0.1, -0.05) is 12.8 Å². The molecule has 1 aromatic carbocycles. The summed E-state index contributed by atoms with van der Waals surface area (Å²) in [6.07, 6.45) is 2.69. The van der Waals surface area contributed by atoms with Gasteiger partial charge in [0, 0.05) is 30.5 Å². The number of likely N-dealkylation sites (tertiary alicyclic amines) is 1. The summed E-state index contributed by atoms with van der Waals surface area (Å²) < 4.78 is 41.4. The van der Waals surface area contributed by atoms with Gasteiger partial charge in [0.15, 0.2) is 0 Å². The molecular formula is C30H38F3N5O3. The zero-order valence-electron chi connectivity index (χ0n) is 23.6. The standard InChI is InChI=1S/C30H38F3N5O3/c1-37-15-12-22(13-16-37)38(2)26(39)19-6-9-21(10-7-19)35-28-34-18-24(30(31,32)33)25(36-28)11-8-20-17-29(20)14-4-3-5-23(29)27(40)41/h6-7,9-10,18,20,22-23H,3-5,8,11-17H2,1-2H3,(H,40,41)(H,34,35,36)/t20?,23-,29?/m1/s1. The van der Waals surface area contributed by atoms with Crippen LogP contribution in [0, 0.1) is 17.3 Å². The van der Waals surface area contributed by atoms with E-state index in [1.807, 2.05) is 7.05 Å². The average molecular weight is 574 g/mol. The molecule has 1 amide bonds. The Kier molecular flexibility index (Phi) is 8.27. The first kappa shape index (κ1) is 29.3. The number of carboxylic acids is 1. The fourth-order valence-corrected chi connectivity index (χ4v) is 6.95. The second-order valence-corrected chi connectivity index (χ2v) is 12.0. The lowest BCUT2D eigenvalue weighted by atomic mass is 9.74. The van der Waals surface area contributed by atoms with Gasteiger partial charge in [0.05, 0.1) is 17.2 Å². The number of nitrogens with one attached hydrogen (secondary N) is 1. The number of hydrogen-bond acceptors (Lipinski definition) is 6. The number of carbonyl (C=O) groups excluding carboxylic acids is 1. The molecule has 11 heteroatoms. The average Bonchev–Trinajstić information content (AvgIpc) is 3.63. The molecule has 1 aromatic heterocycles. The molecule has 0 bridgehead atoms. The summed E-state index contributed by atoms with van der Waals surface area (Å²) in [5.74, 6) is -1.14. The fourth-order valence-electron chi connectivity index (χ4n) is 6.95. The van der Waals surface area contributed by atoms with Crippen LogP contribution in [0.1, 0.15) is 73.0 Å². The van der Waals surface area contributed by atoms with Crippen LogP contribution in [0.15, 0.2) is 30.5 Å². The van der Waals surface area contributed by atoms with Crippen molar-refractivity contribution in [2.24, 2.45) is 17.3 Å². The normalized spacial score (nSPS) is 25.2. The number of aliphatic carboxylic acids is 1. The number of carbonyl (C=O) groups is 2. The Morgan fingerprint density at radius 2 is 1.85 bits per heavy atom. The van der Waals surface area contributed by atoms with E-state index in [0.717, 1.165) is 57.8 Å². The van der Waals surface area contributed by atoms with E-state index in [1.165, 1.54) is 0 Å². The van der Waals surface area contributed by atoms with E-state index < -0.39 is 23.6 Å². The van der Waals surface area contributed by atoms with E-state index in [0.29, 0.717) is 24.1 Å². The summed E-state index contributed by atoms with van der Waals surface area (Å²) in [7, 11) is 3.89. The number of aromatic nitrogens is 2. The van der Waals surface area contributed by atoms with E-state index in [1.54, 1.807) is 29.2 Å². The van der Waals surface area contributed by atoms with Gasteiger partial charge in [0.2, 0.25) is 5.95 Å². The maximum absolute atomic E-state index is 13.8. The van der Waals surface area contributed by atoms with Crippen LogP contribution in [0.25, 0.3) is 0 Å². The molecule has 0 radical (unpaired) electrons. The Bertz CT molecular complexity index is 1260. The second kappa shape index (κ2) is 11.6. The molecule has 2 N–H and O–H groups in total. The van der Waals surface area contributed by atoms with E-state index in [2.05, 4.69) is 27.2 Å². The number of carboxylic acid groups (broad SMARTS) is 1. The number of nitrogens with zero attached hydrogens (tertiary/aromatic N) is 4. The Morgan fingerprint density at radius 3 is 2.51 bits per heavy atom. The second-order valence-electron chi connectivity index (χ2n) is 12.0. The van der Waals surface area contributed by atoms with Crippen LogP contribution < -0.4 is 5.32 Å². The molecule has 1 saturated heterocycles. The molecule has 2 aromatic rings. The number of alkyl halides is 3. The quantitative estimate of drug-likeness (QED) is 0.423.